The molecule has 0 fully saturated rings. The van der Waals surface area contributed by atoms with Gasteiger partial charge in [-0.2, -0.15) is 0 Å². The third-order valence-corrected chi connectivity index (χ3v) is 2.97. The molecule has 3 rings (SSSR count). The maximum absolute atomic E-state index is 9.32. The molecule has 90 valence electrons. The predicted octanol–water partition coefficient (Wildman–Crippen LogP) is 2.31. The predicted molar refractivity (Wildman–Crippen MR) is 70.0 cm³/mol. The van der Waals surface area contributed by atoms with Gasteiger partial charge >= 0.3 is 0 Å². The van der Waals surface area contributed by atoms with Crippen molar-refractivity contribution in [3.05, 3.63) is 53.9 Å². The lowest BCUT2D eigenvalue weighted by Crippen LogP contribution is -2.30. The van der Waals surface area contributed by atoms with Gasteiger partial charge in [-0.15, -0.1) is 0 Å². The second-order valence-corrected chi connectivity index (χ2v) is 4.31. The van der Waals surface area contributed by atoms with Gasteiger partial charge in [0.2, 0.25) is 0 Å². The van der Waals surface area contributed by atoms with Gasteiger partial charge in [-0.1, -0.05) is 0 Å². The molecule has 0 spiro atoms. The Morgan fingerprint density at radius 3 is 2.72 bits per heavy atom. The number of nitrogens with zero attached hydrogens (tertiary/aromatic N) is 3. The maximum Gasteiger partial charge on any atom is 0.136 e. The normalized spacial score (nSPS) is 14.1. The largest absolute Gasteiger partial charge is 0.508 e. The number of aliphatic imine (C=N–C) groups is 1. The van der Waals surface area contributed by atoms with Crippen LogP contribution < -0.4 is 0 Å². The number of pyridine rings is 1. The molecule has 0 saturated heterocycles. The fourth-order valence-electron chi connectivity index (χ4n) is 2.05. The van der Waals surface area contributed by atoms with Crippen LogP contribution >= 0.6 is 0 Å². The second kappa shape index (κ2) is 4.14. The monoisotopic (exact) mass is 239 g/mol. The molecule has 0 bridgehead atoms. The number of amidine groups is 1. The Morgan fingerprint density at radius 2 is 1.94 bits per heavy atom. The topological polar surface area (TPSA) is 48.7 Å². The van der Waals surface area contributed by atoms with Gasteiger partial charge in [-0.25, -0.2) is 4.99 Å². The Labute approximate surface area is 105 Å². The first-order chi connectivity index (χ1) is 8.74. The third-order valence-electron chi connectivity index (χ3n) is 2.97. The van der Waals surface area contributed by atoms with E-state index in [9.17, 15) is 5.11 Å². The lowest BCUT2D eigenvalue weighted by molar-refractivity contribution is 0.474. The van der Waals surface area contributed by atoms with Crippen LogP contribution in [-0.4, -0.2) is 27.9 Å². The average molecular weight is 239 g/mol. The quantitative estimate of drug-likeness (QED) is 0.830. The highest BCUT2D eigenvalue weighted by molar-refractivity contribution is 6.01. The number of aromatic hydroxyl groups is 1. The van der Waals surface area contributed by atoms with Gasteiger partial charge in [0.25, 0.3) is 0 Å². The summed E-state index contributed by atoms with van der Waals surface area (Å²) in [5, 5.41) is 9.32. The molecule has 0 amide bonds. The first-order valence-electron chi connectivity index (χ1n) is 5.77. The van der Waals surface area contributed by atoms with Crippen LogP contribution in [0.25, 0.3) is 0 Å². The number of fused-ring (bicyclic) bond motifs is 1. The summed E-state index contributed by atoms with van der Waals surface area (Å²) < 4.78 is 0. The summed E-state index contributed by atoms with van der Waals surface area (Å²) in [4.78, 5) is 11.0. The van der Waals surface area contributed by atoms with Gasteiger partial charge in [0.1, 0.15) is 11.6 Å². The number of rotatable bonds is 1. The van der Waals surface area contributed by atoms with Crippen LogP contribution in [0.1, 0.15) is 11.3 Å². The van der Waals surface area contributed by atoms with Gasteiger partial charge in [0.05, 0.1) is 17.9 Å². The van der Waals surface area contributed by atoms with Crippen molar-refractivity contribution in [2.24, 2.45) is 4.99 Å². The van der Waals surface area contributed by atoms with E-state index in [1.807, 2.05) is 31.3 Å². The molecule has 2 aromatic rings. The van der Waals surface area contributed by atoms with Crippen molar-refractivity contribution in [2.75, 3.05) is 7.05 Å². The van der Waals surface area contributed by atoms with Crippen LogP contribution in [0.4, 0.5) is 5.69 Å². The van der Waals surface area contributed by atoms with Gasteiger partial charge in [-0.05, 0) is 36.4 Å². The summed E-state index contributed by atoms with van der Waals surface area (Å²) in [5.41, 5.74) is 2.89. The zero-order valence-corrected chi connectivity index (χ0v) is 10.0. The Morgan fingerprint density at radius 1 is 1.17 bits per heavy atom. The molecule has 0 saturated carbocycles. The molecule has 0 atom stereocenters. The van der Waals surface area contributed by atoms with Crippen LogP contribution in [0.3, 0.4) is 0 Å². The zero-order chi connectivity index (χ0) is 12.5. The summed E-state index contributed by atoms with van der Waals surface area (Å²) in [5.74, 6) is 1.16. The van der Waals surface area contributed by atoms with E-state index in [0.717, 1.165) is 29.3 Å². The van der Waals surface area contributed by atoms with Crippen molar-refractivity contribution >= 4 is 11.5 Å². The summed E-state index contributed by atoms with van der Waals surface area (Å²) in [6, 6.07) is 10.9. The van der Waals surface area contributed by atoms with Crippen molar-refractivity contribution in [3.8, 4) is 5.75 Å². The first kappa shape index (κ1) is 10.8. The molecule has 1 aliphatic heterocycles. The minimum Gasteiger partial charge on any atom is -0.508 e. The Balaban J connectivity index is 2.07. The van der Waals surface area contributed by atoms with Gasteiger partial charge in [-0.3, -0.25) is 4.98 Å². The summed E-state index contributed by atoms with van der Waals surface area (Å²) in [6.45, 7) is 0.746. The fraction of sp³-hybridized carbons (Fsp3) is 0.143. The lowest BCUT2D eigenvalue weighted by atomic mass is 10.1. The summed E-state index contributed by atoms with van der Waals surface area (Å²) in [6.07, 6.45) is 1.79. The average Bonchev–Trinajstić information content (AvgIpc) is 2.39. The van der Waals surface area contributed by atoms with Crippen LogP contribution in [0, 0.1) is 0 Å². The highest BCUT2D eigenvalue weighted by atomic mass is 16.3. The van der Waals surface area contributed by atoms with Crippen molar-refractivity contribution in [1.82, 2.24) is 9.88 Å². The molecule has 0 unspecified atom stereocenters. The number of benzene rings is 1. The SMILES string of the molecule is CN1Cc2ncccc2N=C1c1ccc(O)cc1. The smallest absolute Gasteiger partial charge is 0.136 e. The number of phenols is 1. The Hall–Kier alpha value is -2.36. The van der Waals surface area contributed by atoms with Gasteiger partial charge in [0.15, 0.2) is 0 Å². The van der Waals surface area contributed by atoms with E-state index in [2.05, 4.69) is 14.9 Å². The number of aromatic nitrogens is 1. The van der Waals surface area contributed by atoms with Crippen LogP contribution in [-0.2, 0) is 6.54 Å². The van der Waals surface area contributed by atoms with Crippen molar-refractivity contribution in [1.29, 1.82) is 0 Å². The standard InChI is InChI=1S/C14H13N3O/c1-17-9-13-12(3-2-8-15-13)16-14(17)10-4-6-11(18)7-5-10/h2-8,18H,9H2,1H3. The minimum absolute atomic E-state index is 0.264. The minimum atomic E-state index is 0.264. The van der Waals surface area contributed by atoms with E-state index in [1.165, 1.54) is 0 Å². The number of hydrogen-bond donors (Lipinski definition) is 1. The van der Waals surface area contributed by atoms with E-state index in [1.54, 1.807) is 18.3 Å². The molecule has 1 aromatic heterocycles. The molecule has 1 N–H and O–H groups in total. The Kier molecular flexibility index (Phi) is 2.48. The third kappa shape index (κ3) is 1.82. The molecule has 2 heterocycles. The van der Waals surface area contributed by atoms with Gasteiger partial charge in [0, 0.05) is 18.8 Å². The Bertz CT molecular complexity index is 605. The van der Waals surface area contributed by atoms with Crippen molar-refractivity contribution in [2.45, 2.75) is 6.54 Å². The van der Waals surface area contributed by atoms with E-state index < -0.39 is 0 Å². The van der Waals surface area contributed by atoms with Gasteiger partial charge < -0.3 is 10.0 Å². The lowest BCUT2D eigenvalue weighted by Gasteiger charge is -2.26. The van der Waals surface area contributed by atoms with Crippen molar-refractivity contribution < 1.29 is 5.11 Å². The second-order valence-electron chi connectivity index (χ2n) is 4.31. The molecule has 18 heavy (non-hydrogen) atoms. The zero-order valence-electron chi connectivity index (χ0n) is 10.0. The van der Waals surface area contributed by atoms with E-state index in [4.69, 9.17) is 0 Å². The molecule has 4 heteroatoms. The molecule has 0 radical (unpaired) electrons. The highest BCUT2D eigenvalue weighted by Gasteiger charge is 2.18. The highest BCUT2D eigenvalue weighted by Crippen LogP contribution is 2.25. The van der Waals surface area contributed by atoms with E-state index >= 15 is 0 Å². The molecular weight excluding hydrogens is 226 g/mol. The molecule has 4 nitrogen and oxygen atoms in total. The maximum atomic E-state index is 9.32. The summed E-state index contributed by atoms with van der Waals surface area (Å²) in [7, 11) is 1.99. The molecule has 1 aliphatic rings. The van der Waals surface area contributed by atoms with Crippen molar-refractivity contribution in [3.63, 3.8) is 0 Å². The van der Waals surface area contributed by atoms with Crippen LogP contribution in [0.5, 0.6) is 5.75 Å². The van der Waals surface area contributed by atoms with Crippen LogP contribution in [0.15, 0.2) is 47.6 Å². The number of phenolic OH excluding ortho intramolecular Hbond substituents is 1. The van der Waals surface area contributed by atoms with Crippen LogP contribution in [0.2, 0.25) is 0 Å². The number of hydrogen-bond acceptors (Lipinski definition) is 4. The first-order valence-corrected chi connectivity index (χ1v) is 5.77. The fourth-order valence-corrected chi connectivity index (χ4v) is 2.05. The van der Waals surface area contributed by atoms with E-state index in [0.29, 0.717) is 0 Å². The summed E-state index contributed by atoms with van der Waals surface area (Å²) >= 11 is 0. The van der Waals surface area contributed by atoms with E-state index in [-0.39, 0.29) is 5.75 Å². The molecule has 0 aliphatic carbocycles. The molecular formula is C14H13N3O. The molecule has 1 aromatic carbocycles.